The lowest BCUT2D eigenvalue weighted by Gasteiger charge is -2.33. The Bertz CT molecular complexity index is 512. The second-order valence-corrected chi connectivity index (χ2v) is 5.85. The van der Waals surface area contributed by atoms with Gasteiger partial charge in [-0.3, -0.25) is 4.55 Å². The van der Waals surface area contributed by atoms with Crippen molar-refractivity contribution < 1.29 is 13.0 Å². The van der Waals surface area contributed by atoms with Gasteiger partial charge in [-0.05, 0) is 18.1 Å². The van der Waals surface area contributed by atoms with Crippen molar-refractivity contribution in [2.75, 3.05) is 11.9 Å². The Morgan fingerprint density at radius 3 is 2.56 bits per heavy atom. The van der Waals surface area contributed by atoms with E-state index in [9.17, 15) is 13.0 Å². The van der Waals surface area contributed by atoms with E-state index in [1.54, 1.807) is 18.9 Å². The second-order valence-electron chi connectivity index (χ2n) is 4.14. The van der Waals surface area contributed by atoms with Gasteiger partial charge in [0, 0.05) is 19.2 Å². The zero-order valence-electron chi connectivity index (χ0n) is 9.34. The molecule has 0 aliphatic carbocycles. The Balaban J connectivity index is 2.59. The topological polar surface area (TPSA) is 57.6 Å². The Hall–Kier alpha value is -1.07. The third-order valence-corrected chi connectivity index (χ3v) is 5.13. The van der Waals surface area contributed by atoms with Gasteiger partial charge in [0.05, 0.1) is 0 Å². The number of likely N-dealkylation sites (N-methyl/N-ethyl adjacent to an activating group) is 1. The standard InChI is InChI=1S/C11H15NO3S/c1-3-11(16(13,14)15)8-9-6-4-5-7-10(9)12(11)2/h4-7H,3,8H2,1-2H3,(H,13,14,15). The van der Waals surface area contributed by atoms with Crippen molar-refractivity contribution in [3.05, 3.63) is 29.8 Å². The Labute approximate surface area is 95.6 Å². The molecule has 1 heterocycles. The SMILES string of the molecule is CCC1(S(=O)(=O)O)Cc2ccccc2N1C. The quantitative estimate of drug-likeness (QED) is 0.800. The minimum absolute atomic E-state index is 0.342. The Morgan fingerprint density at radius 2 is 2.06 bits per heavy atom. The zero-order valence-corrected chi connectivity index (χ0v) is 10.2. The number of hydrogen-bond donors (Lipinski definition) is 1. The molecule has 1 N–H and O–H groups in total. The number of para-hydroxylation sites is 1. The molecule has 1 aromatic carbocycles. The molecule has 1 aliphatic rings. The van der Waals surface area contributed by atoms with Crippen molar-refractivity contribution in [1.82, 2.24) is 0 Å². The van der Waals surface area contributed by atoms with E-state index in [1.165, 1.54) is 0 Å². The summed E-state index contributed by atoms with van der Waals surface area (Å²) in [4.78, 5) is 0.467. The fraction of sp³-hybridized carbons (Fsp3) is 0.455. The highest BCUT2D eigenvalue weighted by atomic mass is 32.2. The van der Waals surface area contributed by atoms with Crippen molar-refractivity contribution in [2.45, 2.75) is 24.6 Å². The van der Waals surface area contributed by atoms with Crippen molar-refractivity contribution in [3.63, 3.8) is 0 Å². The van der Waals surface area contributed by atoms with Gasteiger partial charge in [-0.15, -0.1) is 0 Å². The smallest absolute Gasteiger partial charge is 0.289 e. The first-order chi connectivity index (χ1) is 7.42. The van der Waals surface area contributed by atoms with Gasteiger partial charge in [-0.25, -0.2) is 0 Å². The summed E-state index contributed by atoms with van der Waals surface area (Å²) >= 11 is 0. The van der Waals surface area contributed by atoms with Crippen LogP contribution in [0.2, 0.25) is 0 Å². The molecule has 1 unspecified atom stereocenters. The highest BCUT2D eigenvalue weighted by Gasteiger charge is 2.50. The Morgan fingerprint density at radius 1 is 1.44 bits per heavy atom. The van der Waals surface area contributed by atoms with Crippen molar-refractivity contribution in [1.29, 1.82) is 0 Å². The van der Waals surface area contributed by atoms with E-state index in [4.69, 9.17) is 0 Å². The number of anilines is 1. The van der Waals surface area contributed by atoms with E-state index in [0.717, 1.165) is 11.3 Å². The van der Waals surface area contributed by atoms with E-state index >= 15 is 0 Å². The van der Waals surface area contributed by atoms with Crippen LogP contribution in [0.25, 0.3) is 0 Å². The lowest BCUT2D eigenvalue weighted by atomic mass is 10.1. The maximum absolute atomic E-state index is 11.6. The van der Waals surface area contributed by atoms with Crippen LogP contribution in [-0.4, -0.2) is 24.9 Å². The van der Waals surface area contributed by atoms with Crippen LogP contribution in [0.5, 0.6) is 0 Å². The van der Waals surface area contributed by atoms with Crippen molar-refractivity contribution >= 4 is 15.8 Å². The summed E-state index contributed by atoms with van der Waals surface area (Å²) in [6.07, 6.45) is 0.700. The molecule has 1 aliphatic heterocycles. The van der Waals surface area contributed by atoms with E-state index in [2.05, 4.69) is 0 Å². The van der Waals surface area contributed by atoms with Crippen molar-refractivity contribution in [3.8, 4) is 0 Å². The average Bonchev–Trinajstić information content (AvgIpc) is 2.53. The van der Waals surface area contributed by atoms with Gasteiger partial charge >= 0.3 is 0 Å². The molecule has 1 aromatic rings. The summed E-state index contributed by atoms with van der Waals surface area (Å²) in [7, 11) is -2.39. The van der Waals surface area contributed by atoms with Gasteiger partial charge < -0.3 is 4.90 Å². The largest absolute Gasteiger partial charge is 0.353 e. The number of rotatable bonds is 2. The van der Waals surface area contributed by atoms with E-state index < -0.39 is 15.0 Å². The van der Waals surface area contributed by atoms with Gasteiger partial charge in [-0.1, -0.05) is 25.1 Å². The van der Waals surface area contributed by atoms with E-state index in [-0.39, 0.29) is 0 Å². The lowest BCUT2D eigenvalue weighted by Crippen LogP contribution is -2.50. The summed E-state index contributed by atoms with van der Waals surface area (Å²) in [5.74, 6) is 0. The molecule has 0 aromatic heterocycles. The third kappa shape index (κ3) is 1.35. The first-order valence-electron chi connectivity index (χ1n) is 5.21. The fourth-order valence-electron chi connectivity index (χ4n) is 2.43. The zero-order chi connectivity index (χ0) is 12.0. The summed E-state index contributed by atoms with van der Waals surface area (Å²) < 4.78 is 32.6. The molecule has 0 fully saturated rings. The van der Waals surface area contributed by atoms with Crippen LogP contribution in [-0.2, 0) is 16.5 Å². The normalized spacial score (nSPS) is 24.6. The maximum Gasteiger partial charge on any atom is 0.289 e. The second kappa shape index (κ2) is 3.46. The third-order valence-electron chi connectivity index (χ3n) is 3.46. The highest BCUT2D eigenvalue weighted by Crippen LogP contribution is 2.42. The fourth-order valence-corrected chi connectivity index (χ4v) is 3.58. The van der Waals surface area contributed by atoms with Crippen LogP contribution >= 0.6 is 0 Å². The number of hydrogen-bond acceptors (Lipinski definition) is 3. The maximum atomic E-state index is 11.6. The summed E-state index contributed by atoms with van der Waals surface area (Å²) in [6.45, 7) is 1.77. The van der Waals surface area contributed by atoms with Crippen LogP contribution in [0.4, 0.5) is 5.69 Å². The summed E-state index contributed by atoms with van der Waals surface area (Å²) in [6, 6.07) is 7.51. The molecule has 5 heteroatoms. The molecule has 4 nitrogen and oxygen atoms in total. The van der Waals surface area contributed by atoms with Gasteiger partial charge in [-0.2, -0.15) is 8.42 Å². The molecular weight excluding hydrogens is 226 g/mol. The van der Waals surface area contributed by atoms with Crippen LogP contribution in [0.1, 0.15) is 18.9 Å². The molecule has 2 rings (SSSR count). The average molecular weight is 241 g/mol. The van der Waals surface area contributed by atoms with Crippen LogP contribution < -0.4 is 4.90 Å². The minimum Gasteiger partial charge on any atom is -0.353 e. The molecule has 0 spiro atoms. The van der Waals surface area contributed by atoms with Crippen molar-refractivity contribution in [2.24, 2.45) is 0 Å². The summed E-state index contributed by atoms with van der Waals surface area (Å²) in [5, 5.41) is 0. The van der Waals surface area contributed by atoms with Gasteiger partial charge in [0.15, 0.2) is 4.87 Å². The van der Waals surface area contributed by atoms with Crippen LogP contribution in [0, 0.1) is 0 Å². The van der Waals surface area contributed by atoms with Crippen LogP contribution in [0.15, 0.2) is 24.3 Å². The predicted octanol–water partition coefficient (Wildman–Crippen LogP) is 1.67. The molecule has 0 saturated carbocycles. The molecule has 0 saturated heterocycles. The summed E-state index contributed by atoms with van der Waals surface area (Å²) in [5.41, 5.74) is 1.84. The molecule has 1 atom stereocenters. The van der Waals surface area contributed by atoms with Crippen LogP contribution in [0.3, 0.4) is 0 Å². The molecule has 88 valence electrons. The molecule has 0 bridgehead atoms. The van der Waals surface area contributed by atoms with Gasteiger partial charge in [0.25, 0.3) is 10.1 Å². The minimum atomic E-state index is -4.11. The molecule has 16 heavy (non-hydrogen) atoms. The number of nitrogens with zero attached hydrogens (tertiary/aromatic N) is 1. The molecule has 0 amide bonds. The number of benzene rings is 1. The first-order valence-corrected chi connectivity index (χ1v) is 6.65. The molecule has 0 radical (unpaired) electrons. The molecular formula is C11H15NO3S. The van der Waals surface area contributed by atoms with Gasteiger partial charge in [0.1, 0.15) is 0 Å². The predicted molar refractivity (Wildman–Crippen MR) is 63.1 cm³/mol. The lowest BCUT2D eigenvalue weighted by molar-refractivity contribution is 0.415. The monoisotopic (exact) mass is 241 g/mol. The van der Waals surface area contributed by atoms with E-state index in [0.29, 0.717) is 12.8 Å². The first kappa shape index (κ1) is 11.4. The number of fused-ring (bicyclic) bond motifs is 1. The Kier molecular flexibility index (Phi) is 2.47. The highest BCUT2D eigenvalue weighted by molar-refractivity contribution is 7.87. The van der Waals surface area contributed by atoms with Gasteiger partial charge in [0.2, 0.25) is 0 Å². The van der Waals surface area contributed by atoms with E-state index in [1.807, 2.05) is 24.3 Å².